The number of hydrogen-bond acceptors (Lipinski definition) is 3. The molecule has 0 fully saturated rings. The fraction of sp³-hybridized carbons (Fsp3) is 0.154. The van der Waals surface area contributed by atoms with E-state index in [0.717, 1.165) is 34.4 Å². The summed E-state index contributed by atoms with van der Waals surface area (Å²) in [5.41, 5.74) is 0.245. The third-order valence-electron chi connectivity index (χ3n) is 2.49. The zero-order valence-corrected chi connectivity index (χ0v) is 10.6. The van der Waals surface area contributed by atoms with Crippen LogP contribution in [0.1, 0.15) is 20.1 Å². The highest BCUT2D eigenvalue weighted by Gasteiger charge is 2.07. The van der Waals surface area contributed by atoms with Crippen LogP contribution in [0.25, 0.3) is 0 Å². The summed E-state index contributed by atoms with van der Waals surface area (Å²) in [5.74, 6) is -1.92. The first-order chi connectivity index (χ1) is 9.06. The molecule has 1 aromatic carbocycles. The van der Waals surface area contributed by atoms with Gasteiger partial charge in [0, 0.05) is 23.5 Å². The van der Waals surface area contributed by atoms with Crippen LogP contribution in [0.2, 0.25) is 0 Å². The van der Waals surface area contributed by atoms with Crippen LogP contribution in [0.4, 0.5) is 8.78 Å². The van der Waals surface area contributed by atoms with Crippen LogP contribution in [0.3, 0.4) is 0 Å². The van der Waals surface area contributed by atoms with Crippen molar-refractivity contribution in [2.45, 2.75) is 13.1 Å². The molecule has 100 valence electrons. The molecule has 19 heavy (non-hydrogen) atoms. The molecule has 0 aliphatic rings. The lowest BCUT2D eigenvalue weighted by molar-refractivity contribution is 0.0702. The fourth-order valence-electron chi connectivity index (χ4n) is 1.59. The van der Waals surface area contributed by atoms with Crippen LogP contribution < -0.4 is 5.32 Å². The third kappa shape index (κ3) is 3.59. The van der Waals surface area contributed by atoms with Crippen LogP contribution in [-0.4, -0.2) is 11.1 Å². The number of rotatable bonds is 5. The second-order valence-electron chi connectivity index (χ2n) is 3.91. The largest absolute Gasteiger partial charge is 0.477 e. The summed E-state index contributed by atoms with van der Waals surface area (Å²) in [6.45, 7) is 0.595. The number of benzene rings is 1. The van der Waals surface area contributed by atoms with Gasteiger partial charge in [-0.25, -0.2) is 13.6 Å². The topological polar surface area (TPSA) is 49.3 Å². The quantitative estimate of drug-likeness (QED) is 0.886. The average Bonchev–Trinajstić information content (AvgIpc) is 2.82. The Morgan fingerprint density at radius 3 is 2.68 bits per heavy atom. The van der Waals surface area contributed by atoms with Gasteiger partial charge in [0.25, 0.3) is 0 Å². The van der Waals surface area contributed by atoms with Crippen molar-refractivity contribution in [3.05, 3.63) is 57.3 Å². The van der Waals surface area contributed by atoms with Crippen molar-refractivity contribution in [1.82, 2.24) is 5.32 Å². The van der Waals surface area contributed by atoms with Gasteiger partial charge in [0.05, 0.1) is 0 Å². The lowest BCUT2D eigenvalue weighted by Gasteiger charge is -2.04. The Hall–Kier alpha value is -1.79. The molecule has 2 rings (SSSR count). The number of hydrogen-bond donors (Lipinski definition) is 2. The van der Waals surface area contributed by atoms with Crippen molar-refractivity contribution in [3.63, 3.8) is 0 Å². The van der Waals surface area contributed by atoms with E-state index < -0.39 is 17.6 Å². The summed E-state index contributed by atoms with van der Waals surface area (Å²) in [6.07, 6.45) is 0. The molecule has 0 atom stereocenters. The summed E-state index contributed by atoms with van der Waals surface area (Å²) in [7, 11) is 0. The zero-order valence-electron chi connectivity index (χ0n) is 9.82. The standard InChI is InChI=1S/C13H11F2NO2S/c14-9-1-3-11(15)8(5-9)6-16-7-10-2-4-12(19-10)13(17)18/h1-5,16H,6-7H2,(H,17,18). The maximum Gasteiger partial charge on any atom is 0.345 e. The van der Waals surface area contributed by atoms with E-state index in [1.165, 1.54) is 6.07 Å². The summed E-state index contributed by atoms with van der Waals surface area (Å²) < 4.78 is 26.3. The minimum atomic E-state index is -0.965. The Balaban J connectivity index is 1.92. The Bertz CT molecular complexity index is 598. The predicted molar refractivity (Wildman–Crippen MR) is 68.2 cm³/mol. The van der Waals surface area contributed by atoms with Crippen LogP contribution in [0, 0.1) is 11.6 Å². The van der Waals surface area contributed by atoms with Gasteiger partial charge in [0.15, 0.2) is 0 Å². The fourth-order valence-corrected chi connectivity index (χ4v) is 2.40. The molecule has 0 bridgehead atoms. The van der Waals surface area contributed by atoms with E-state index in [4.69, 9.17) is 5.11 Å². The minimum Gasteiger partial charge on any atom is -0.477 e. The Morgan fingerprint density at radius 2 is 2.00 bits per heavy atom. The normalized spacial score (nSPS) is 10.6. The van der Waals surface area contributed by atoms with Gasteiger partial charge in [0.1, 0.15) is 16.5 Å². The van der Waals surface area contributed by atoms with Crippen molar-refractivity contribution in [2.24, 2.45) is 0 Å². The Morgan fingerprint density at radius 1 is 1.21 bits per heavy atom. The Kier molecular flexibility index (Phi) is 4.24. The molecular formula is C13H11F2NO2S. The lowest BCUT2D eigenvalue weighted by Crippen LogP contribution is -2.13. The first-order valence-corrected chi connectivity index (χ1v) is 6.34. The lowest BCUT2D eigenvalue weighted by atomic mass is 10.2. The molecule has 0 saturated heterocycles. The second-order valence-corrected chi connectivity index (χ2v) is 5.08. The number of carboxylic acid groups (broad SMARTS) is 1. The molecular weight excluding hydrogens is 272 g/mol. The molecule has 0 aliphatic heterocycles. The molecule has 0 radical (unpaired) electrons. The average molecular weight is 283 g/mol. The van der Waals surface area contributed by atoms with Crippen molar-refractivity contribution in [3.8, 4) is 0 Å². The van der Waals surface area contributed by atoms with Crippen LogP contribution in [-0.2, 0) is 13.1 Å². The van der Waals surface area contributed by atoms with Gasteiger partial charge >= 0.3 is 5.97 Å². The van der Waals surface area contributed by atoms with Gasteiger partial charge in [-0.05, 0) is 30.3 Å². The summed E-state index contributed by atoms with van der Waals surface area (Å²) in [4.78, 5) is 11.8. The van der Waals surface area contributed by atoms with E-state index in [-0.39, 0.29) is 17.0 Å². The summed E-state index contributed by atoms with van der Waals surface area (Å²) in [5, 5.41) is 11.7. The molecule has 0 unspecified atom stereocenters. The van der Waals surface area contributed by atoms with Gasteiger partial charge in [-0.2, -0.15) is 0 Å². The monoisotopic (exact) mass is 283 g/mol. The molecule has 0 saturated carbocycles. The maximum absolute atomic E-state index is 13.3. The molecule has 0 amide bonds. The maximum atomic E-state index is 13.3. The van der Waals surface area contributed by atoms with Crippen molar-refractivity contribution in [1.29, 1.82) is 0 Å². The van der Waals surface area contributed by atoms with Crippen molar-refractivity contribution >= 4 is 17.3 Å². The summed E-state index contributed by atoms with van der Waals surface area (Å²) >= 11 is 1.15. The van der Waals surface area contributed by atoms with Gasteiger partial charge < -0.3 is 10.4 Å². The molecule has 2 N–H and O–H groups in total. The van der Waals surface area contributed by atoms with Gasteiger partial charge in [-0.3, -0.25) is 0 Å². The highest BCUT2D eigenvalue weighted by Crippen LogP contribution is 2.16. The van der Waals surface area contributed by atoms with Gasteiger partial charge in [-0.15, -0.1) is 11.3 Å². The highest BCUT2D eigenvalue weighted by molar-refractivity contribution is 7.13. The van der Waals surface area contributed by atoms with Gasteiger partial charge in [-0.1, -0.05) is 0 Å². The van der Waals surface area contributed by atoms with Crippen molar-refractivity contribution < 1.29 is 18.7 Å². The predicted octanol–water partition coefficient (Wildman–Crippen LogP) is 3.01. The zero-order chi connectivity index (χ0) is 13.8. The molecule has 0 spiro atoms. The van der Waals surface area contributed by atoms with E-state index in [0.29, 0.717) is 6.54 Å². The number of halogens is 2. The number of nitrogens with one attached hydrogen (secondary N) is 1. The van der Waals surface area contributed by atoms with E-state index in [9.17, 15) is 13.6 Å². The van der Waals surface area contributed by atoms with Gasteiger partial charge in [0.2, 0.25) is 0 Å². The number of aromatic carboxylic acids is 1. The highest BCUT2D eigenvalue weighted by atomic mass is 32.1. The number of carboxylic acids is 1. The van der Waals surface area contributed by atoms with E-state index in [1.807, 2.05) is 0 Å². The van der Waals surface area contributed by atoms with E-state index >= 15 is 0 Å². The van der Waals surface area contributed by atoms with Crippen molar-refractivity contribution in [2.75, 3.05) is 0 Å². The number of carbonyl (C=O) groups is 1. The molecule has 6 heteroatoms. The molecule has 2 aromatic rings. The molecule has 1 heterocycles. The molecule has 1 aromatic heterocycles. The van der Waals surface area contributed by atoms with E-state index in [1.54, 1.807) is 6.07 Å². The first kappa shape index (κ1) is 13.6. The second kappa shape index (κ2) is 5.90. The molecule has 3 nitrogen and oxygen atoms in total. The van der Waals surface area contributed by atoms with Crippen LogP contribution >= 0.6 is 11.3 Å². The smallest absolute Gasteiger partial charge is 0.345 e. The third-order valence-corrected chi connectivity index (χ3v) is 3.57. The van der Waals surface area contributed by atoms with E-state index in [2.05, 4.69) is 5.32 Å². The van der Waals surface area contributed by atoms with Crippen LogP contribution in [0.5, 0.6) is 0 Å². The SMILES string of the molecule is O=C(O)c1ccc(CNCc2cc(F)ccc2F)s1. The minimum absolute atomic E-state index is 0.184. The number of thiophene rings is 1. The first-order valence-electron chi connectivity index (χ1n) is 5.53. The Labute approximate surface area is 112 Å². The van der Waals surface area contributed by atoms with Crippen LogP contribution in [0.15, 0.2) is 30.3 Å². The summed E-state index contributed by atoms with van der Waals surface area (Å²) in [6, 6.07) is 6.51. The molecule has 0 aliphatic carbocycles.